The molecule has 0 aliphatic carbocycles. The Morgan fingerprint density at radius 2 is 2.06 bits per heavy atom. The number of nitrogens with zero attached hydrogens (tertiary/aromatic N) is 2. The van der Waals surface area contributed by atoms with Gasteiger partial charge in [-0.3, -0.25) is 0 Å². The van der Waals surface area contributed by atoms with Crippen LogP contribution in [0.25, 0.3) is 0 Å². The molecule has 1 aliphatic heterocycles. The standard InChI is InChI=1S/C14H21N3/c1-11(2)12-8-9-17(10-12)14(15)16-13-6-4-3-5-7-13/h3-7,11-12H,8-10H2,1-2H3,(H2,15,16). The van der Waals surface area contributed by atoms with Crippen LogP contribution in [0.1, 0.15) is 20.3 Å². The molecule has 17 heavy (non-hydrogen) atoms. The topological polar surface area (TPSA) is 41.6 Å². The molecule has 1 aromatic rings. The lowest BCUT2D eigenvalue weighted by Gasteiger charge is -2.18. The van der Waals surface area contributed by atoms with Gasteiger partial charge in [0.15, 0.2) is 5.96 Å². The van der Waals surface area contributed by atoms with E-state index in [4.69, 9.17) is 5.73 Å². The molecule has 0 spiro atoms. The summed E-state index contributed by atoms with van der Waals surface area (Å²) in [4.78, 5) is 6.65. The third-order valence-corrected chi connectivity index (χ3v) is 3.49. The average molecular weight is 231 g/mol. The molecule has 0 radical (unpaired) electrons. The van der Waals surface area contributed by atoms with E-state index in [2.05, 4.69) is 23.7 Å². The van der Waals surface area contributed by atoms with Crippen LogP contribution >= 0.6 is 0 Å². The average Bonchev–Trinajstić information content (AvgIpc) is 2.79. The first-order valence-corrected chi connectivity index (χ1v) is 6.31. The van der Waals surface area contributed by atoms with Gasteiger partial charge in [-0.25, -0.2) is 4.99 Å². The third kappa shape index (κ3) is 2.99. The van der Waals surface area contributed by atoms with Gasteiger partial charge in [-0.1, -0.05) is 32.0 Å². The molecule has 1 aromatic carbocycles. The van der Waals surface area contributed by atoms with Crippen LogP contribution < -0.4 is 5.73 Å². The van der Waals surface area contributed by atoms with Crippen molar-refractivity contribution >= 4 is 11.6 Å². The second kappa shape index (κ2) is 5.21. The Hall–Kier alpha value is -1.51. The van der Waals surface area contributed by atoms with Crippen LogP contribution in [0, 0.1) is 11.8 Å². The van der Waals surface area contributed by atoms with Crippen molar-refractivity contribution in [2.24, 2.45) is 22.6 Å². The molecule has 1 atom stereocenters. The van der Waals surface area contributed by atoms with E-state index >= 15 is 0 Å². The van der Waals surface area contributed by atoms with Crippen LogP contribution in [0.2, 0.25) is 0 Å². The van der Waals surface area contributed by atoms with Gasteiger partial charge in [0.2, 0.25) is 0 Å². The quantitative estimate of drug-likeness (QED) is 0.628. The summed E-state index contributed by atoms with van der Waals surface area (Å²) >= 11 is 0. The number of hydrogen-bond donors (Lipinski definition) is 1. The molecule has 3 heteroatoms. The van der Waals surface area contributed by atoms with Crippen molar-refractivity contribution < 1.29 is 0 Å². The van der Waals surface area contributed by atoms with Crippen LogP contribution in [0.3, 0.4) is 0 Å². The van der Waals surface area contributed by atoms with E-state index in [1.54, 1.807) is 0 Å². The molecule has 2 rings (SSSR count). The number of benzene rings is 1. The zero-order valence-electron chi connectivity index (χ0n) is 10.6. The summed E-state index contributed by atoms with van der Waals surface area (Å²) < 4.78 is 0. The molecule has 2 N–H and O–H groups in total. The number of likely N-dealkylation sites (tertiary alicyclic amines) is 1. The largest absolute Gasteiger partial charge is 0.369 e. The maximum Gasteiger partial charge on any atom is 0.196 e. The van der Waals surface area contributed by atoms with Crippen molar-refractivity contribution in [3.63, 3.8) is 0 Å². The predicted molar refractivity (Wildman–Crippen MR) is 72.2 cm³/mol. The Morgan fingerprint density at radius 1 is 1.35 bits per heavy atom. The molecular formula is C14H21N3. The van der Waals surface area contributed by atoms with E-state index in [-0.39, 0.29) is 0 Å². The molecule has 0 aromatic heterocycles. The molecule has 0 amide bonds. The maximum atomic E-state index is 6.05. The third-order valence-electron chi connectivity index (χ3n) is 3.49. The SMILES string of the molecule is CC(C)C1CCN(C(N)=Nc2ccccc2)C1. The van der Waals surface area contributed by atoms with Crippen LogP contribution in [0.15, 0.2) is 35.3 Å². The first kappa shape index (κ1) is 12.0. The summed E-state index contributed by atoms with van der Waals surface area (Å²) in [6.07, 6.45) is 1.22. The van der Waals surface area contributed by atoms with Crippen LogP contribution in [-0.4, -0.2) is 23.9 Å². The lowest BCUT2D eigenvalue weighted by Crippen LogP contribution is -2.35. The van der Waals surface area contributed by atoms with E-state index in [1.165, 1.54) is 6.42 Å². The van der Waals surface area contributed by atoms with Crippen molar-refractivity contribution in [2.75, 3.05) is 13.1 Å². The van der Waals surface area contributed by atoms with E-state index < -0.39 is 0 Å². The Balaban J connectivity index is 2.02. The van der Waals surface area contributed by atoms with E-state index in [9.17, 15) is 0 Å². The fourth-order valence-corrected chi connectivity index (χ4v) is 2.25. The monoisotopic (exact) mass is 231 g/mol. The fraction of sp³-hybridized carbons (Fsp3) is 0.500. The second-order valence-electron chi connectivity index (χ2n) is 5.04. The predicted octanol–water partition coefficient (Wildman–Crippen LogP) is 2.61. The highest BCUT2D eigenvalue weighted by atomic mass is 15.3. The highest BCUT2D eigenvalue weighted by Crippen LogP contribution is 2.23. The van der Waals surface area contributed by atoms with Gasteiger partial charge in [-0.15, -0.1) is 0 Å². The normalized spacial score (nSPS) is 21.2. The van der Waals surface area contributed by atoms with Gasteiger partial charge >= 0.3 is 0 Å². The van der Waals surface area contributed by atoms with E-state index in [1.807, 2.05) is 30.3 Å². The molecule has 1 saturated heterocycles. The molecule has 3 nitrogen and oxygen atoms in total. The second-order valence-corrected chi connectivity index (χ2v) is 5.04. The number of guanidine groups is 1. The highest BCUT2D eigenvalue weighted by molar-refractivity contribution is 5.81. The van der Waals surface area contributed by atoms with Gasteiger partial charge < -0.3 is 10.6 Å². The molecule has 1 unspecified atom stereocenters. The van der Waals surface area contributed by atoms with Crippen molar-refractivity contribution in [1.29, 1.82) is 0 Å². The molecule has 1 aliphatic rings. The lowest BCUT2D eigenvalue weighted by atomic mass is 9.95. The van der Waals surface area contributed by atoms with Gasteiger partial charge in [-0.05, 0) is 30.4 Å². The summed E-state index contributed by atoms with van der Waals surface area (Å²) in [5.41, 5.74) is 6.98. The van der Waals surface area contributed by atoms with Crippen molar-refractivity contribution in [3.8, 4) is 0 Å². The smallest absolute Gasteiger partial charge is 0.196 e. The van der Waals surface area contributed by atoms with E-state index in [0.717, 1.165) is 30.6 Å². The Kier molecular flexibility index (Phi) is 3.67. The molecular weight excluding hydrogens is 210 g/mol. The van der Waals surface area contributed by atoms with Crippen LogP contribution in [-0.2, 0) is 0 Å². The van der Waals surface area contributed by atoms with Gasteiger partial charge in [-0.2, -0.15) is 0 Å². The number of nitrogens with two attached hydrogens (primary N) is 1. The summed E-state index contributed by atoms with van der Waals surface area (Å²) in [5.74, 6) is 2.13. The summed E-state index contributed by atoms with van der Waals surface area (Å²) in [7, 11) is 0. The lowest BCUT2D eigenvalue weighted by molar-refractivity contribution is 0.388. The van der Waals surface area contributed by atoms with E-state index in [0.29, 0.717) is 5.96 Å². The molecule has 1 heterocycles. The fourth-order valence-electron chi connectivity index (χ4n) is 2.25. The Bertz CT molecular complexity index is 384. The minimum Gasteiger partial charge on any atom is -0.369 e. The zero-order chi connectivity index (χ0) is 12.3. The van der Waals surface area contributed by atoms with Crippen LogP contribution in [0.5, 0.6) is 0 Å². The summed E-state index contributed by atoms with van der Waals surface area (Å²) in [6.45, 7) is 6.63. The van der Waals surface area contributed by atoms with Gasteiger partial charge in [0.25, 0.3) is 0 Å². The highest BCUT2D eigenvalue weighted by Gasteiger charge is 2.25. The zero-order valence-corrected chi connectivity index (χ0v) is 10.6. The first-order valence-electron chi connectivity index (χ1n) is 6.31. The number of rotatable bonds is 2. The maximum absolute atomic E-state index is 6.05. The first-order chi connectivity index (χ1) is 8.16. The number of para-hydroxylation sites is 1. The minimum atomic E-state index is 0.652. The molecule has 1 fully saturated rings. The minimum absolute atomic E-state index is 0.652. The van der Waals surface area contributed by atoms with Gasteiger partial charge in [0.1, 0.15) is 0 Å². The summed E-state index contributed by atoms with van der Waals surface area (Å²) in [6, 6.07) is 9.89. The molecule has 0 saturated carbocycles. The van der Waals surface area contributed by atoms with Crippen molar-refractivity contribution in [3.05, 3.63) is 30.3 Å². The van der Waals surface area contributed by atoms with Crippen molar-refractivity contribution in [2.45, 2.75) is 20.3 Å². The molecule has 92 valence electrons. The number of hydrogen-bond acceptors (Lipinski definition) is 1. The molecule has 0 bridgehead atoms. The summed E-state index contributed by atoms with van der Waals surface area (Å²) in [5, 5.41) is 0. The van der Waals surface area contributed by atoms with Gasteiger partial charge in [0, 0.05) is 13.1 Å². The van der Waals surface area contributed by atoms with Gasteiger partial charge in [0.05, 0.1) is 5.69 Å². The Labute approximate surface area is 103 Å². The Morgan fingerprint density at radius 3 is 2.65 bits per heavy atom. The van der Waals surface area contributed by atoms with Crippen molar-refractivity contribution in [1.82, 2.24) is 4.90 Å². The van der Waals surface area contributed by atoms with Crippen LogP contribution in [0.4, 0.5) is 5.69 Å². The number of aliphatic imine (C=N–C) groups is 1.